The van der Waals surface area contributed by atoms with Crippen LogP contribution in [-0.2, 0) is 4.84 Å². The molecule has 18 heavy (non-hydrogen) atoms. The van der Waals surface area contributed by atoms with Gasteiger partial charge in [-0.25, -0.2) is 4.98 Å². The van der Waals surface area contributed by atoms with Crippen LogP contribution in [0.15, 0.2) is 11.4 Å². The Morgan fingerprint density at radius 2 is 2.17 bits per heavy atom. The van der Waals surface area contributed by atoms with Crippen molar-refractivity contribution in [2.45, 2.75) is 25.2 Å². The molecular formula is C10H17N3O5. The predicted molar refractivity (Wildman–Crippen MR) is 61.9 cm³/mol. The van der Waals surface area contributed by atoms with Crippen molar-refractivity contribution in [2.24, 2.45) is 5.16 Å². The van der Waals surface area contributed by atoms with Gasteiger partial charge in [0.15, 0.2) is 5.82 Å². The van der Waals surface area contributed by atoms with Crippen LogP contribution >= 0.6 is 0 Å². The number of aliphatic hydroxyl groups excluding tert-OH is 4. The summed E-state index contributed by atoms with van der Waals surface area (Å²) < 4.78 is 0. The van der Waals surface area contributed by atoms with Crippen molar-refractivity contribution in [3.05, 3.63) is 17.7 Å². The van der Waals surface area contributed by atoms with Crippen LogP contribution in [0.25, 0.3) is 0 Å². The van der Waals surface area contributed by atoms with Gasteiger partial charge in [0, 0.05) is 0 Å². The molecule has 0 aliphatic rings. The maximum atomic E-state index is 9.75. The van der Waals surface area contributed by atoms with Gasteiger partial charge in [0.05, 0.1) is 18.5 Å². The average Bonchev–Trinajstić information content (AvgIpc) is 2.86. The largest absolute Gasteiger partial charge is 0.399 e. The van der Waals surface area contributed by atoms with Crippen LogP contribution in [0, 0.1) is 0 Å². The third-order valence-electron chi connectivity index (χ3n) is 2.39. The normalized spacial score (nSPS) is 17.3. The number of nitrogens with zero attached hydrogens (tertiary/aromatic N) is 2. The summed E-state index contributed by atoms with van der Waals surface area (Å²) in [5, 5.41) is 40.8. The number of aromatic nitrogens is 2. The Hall–Kier alpha value is -1.48. The van der Waals surface area contributed by atoms with Crippen LogP contribution in [0.4, 0.5) is 0 Å². The summed E-state index contributed by atoms with van der Waals surface area (Å²) in [7, 11) is 1.39. The van der Waals surface area contributed by atoms with Crippen molar-refractivity contribution in [2.75, 3.05) is 13.7 Å². The highest BCUT2D eigenvalue weighted by Crippen LogP contribution is 2.17. The SMILES string of the molecule is CO/N=C(/C)c1ncc([C@@H](O)[C@H](O)[C@H](O)CO)[nH]1. The second-order valence-electron chi connectivity index (χ2n) is 3.73. The van der Waals surface area contributed by atoms with Crippen molar-refractivity contribution in [3.63, 3.8) is 0 Å². The lowest BCUT2D eigenvalue weighted by Crippen LogP contribution is -2.34. The van der Waals surface area contributed by atoms with E-state index in [4.69, 9.17) is 5.11 Å². The Morgan fingerprint density at radius 1 is 1.50 bits per heavy atom. The second-order valence-corrected chi connectivity index (χ2v) is 3.73. The predicted octanol–water partition coefficient (Wildman–Crippen LogP) is -1.47. The molecule has 102 valence electrons. The monoisotopic (exact) mass is 259 g/mol. The molecule has 1 heterocycles. The molecule has 0 amide bonds. The first-order valence-electron chi connectivity index (χ1n) is 5.29. The number of hydrogen-bond donors (Lipinski definition) is 5. The molecule has 3 atom stereocenters. The Morgan fingerprint density at radius 3 is 2.72 bits per heavy atom. The molecule has 0 saturated heterocycles. The van der Waals surface area contributed by atoms with Gasteiger partial charge in [0.1, 0.15) is 31.1 Å². The lowest BCUT2D eigenvalue weighted by molar-refractivity contribution is -0.0788. The molecular weight excluding hydrogens is 242 g/mol. The van der Waals surface area contributed by atoms with Crippen molar-refractivity contribution in [3.8, 4) is 0 Å². The topological polar surface area (TPSA) is 131 Å². The first kappa shape index (κ1) is 14.6. The molecule has 1 aromatic rings. The molecule has 0 aliphatic heterocycles. The van der Waals surface area contributed by atoms with Crippen molar-refractivity contribution in [1.29, 1.82) is 0 Å². The molecule has 0 bridgehead atoms. The van der Waals surface area contributed by atoms with Gasteiger partial charge in [-0.05, 0) is 6.92 Å². The first-order valence-corrected chi connectivity index (χ1v) is 5.29. The second kappa shape index (κ2) is 6.45. The van der Waals surface area contributed by atoms with E-state index in [1.807, 2.05) is 0 Å². The summed E-state index contributed by atoms with van der Waals surface area (Å²) in [5.41, 5.74) is 0.670. The highest BCUT2D eigenvalue weighted by atomic mass is 16.6. The van der Waals surface area contributed by atoms with E-state index in [0.717, 1.165) is 0 Å². The van der Waals surface area contributed by atoms with Gasteiger partial charge in [0.2, 0.25) is 0 Å². The molecule has 8 heteroatoms. The Balaban J connectivity index is 2.82. The average molecular weight is 259 g/mol. The third-order valence-corrected chi connectivity index (χ3v) is 2.39. The Bertz CT molecular complexity index is 406. The molecule has 0 spiro atoms. The highest BCUT2D eigenvalue weighted by Gasteiger charge is 2.27. The van der Waals surface area contributed by atoms with Crippen LogP contribution in [0.1, 0.15) is 24.5 Å². The van der Waals surface area contributed by atoms with E-state index in [0.29, 0.717) is 11.5 Å². The summed E-state index contributed by atoms with van der Waals surface area (Å²) in [4.78, 5) is 11.2. The quantitative estimate of drug-likeness (QED) is 0.313. The molecule has 8 nitrogen and oxygen atoms in total. The number of rotatable bonds is 6. The van der Waals surface area contributed by atoms with E-state index in [1.54, 1.807) is 6.92 Å². The van der Waals surface area contributed by atoms with Crippen LogP contribution in [0.2, 0.25) is 0 Å². The molecule has 0 fully saturated rings. The number of aliphatic hydroxyl groups is 4. The number of nitrogens with one attached hydrogen (secondary N) is 1. The van der Waals surface area contributed by atoms with E-state index in [1.165, 1.54) is 13.3 Å². The molecule has 5 N–H and O–H groups in total. The maximum Gasteiger partial charge on any atom is 0.155 e. The van der Waals surface area contributed by atoms with Crippen molar-refractivity contribution >= 4 is 5.71 Å². The number of hydrogen-bond acceptors (Lipinski definition) is 7. The zero-order valence-electron chi connectivity index (χ0n) is 10.1. The maximum absolute atomic E-state index is 9.75. The summed E-state index contributed by atoms with van der Waals surface area (Å²) in [5.74, 6) is 0.372. The Kier molecular flexibility index (Phi) is 5.23. The minimum absolute atomic E-state index is 0.204. The van der Waals surface area contributed by atoms with E-state index in [2.05, 4.69) is 20.0 Å². The standard InChI is InChI=1S/C10H17N3O5/c1-5(13-18-2)10-11-3-6(12-10)8(16)9(17)7(15)4-14/h3,7-9,14-17H,4H2,1-2H3,(H,11,12)/b13-5-/t7-,8-,9-/m1/s1. The zero-order chi connectivity index (χ0) is 13.7. The zero-order valence-corrected chi connectivity index (χ0v) is 10.1. The summed E-state index contributed by atoms with van der Waals surface area (Å²) in [6, 6.07) is 0. The fourth-order valence-corrected chi connectivity index (χ4v) is 1.35. The summed E-state index contributed by atoms with van der Waals surface area (Å²) >= 11 is 0. The van der Waals surface area contributed by atoms with Gasteiger partial charge in [-0.2, -0.15) is 0 Å². The minimum atomic E-state index is -1.51. The lowest BCUT2D eigenvalue weighted by atomic mass is 10.1. The molecule has 0 aromatic carbocycles. The highest BCUT2D eigenvalue weighted by molar-refractivity contribution is 5.94. The van der Waals surface area contributed by atoms with Crippen LogP contribution < -0.4 is 0 Å². The van der Waals surface area contributed by atoms with Gasteiger partial charge in [-0.3, -0.25) is 0 Å². The Labute approximate surface area is 104 Å². The number of imidazole rings is 1. The first-order chi connectivity index (χ1) is 8.51. The summed E-state index contributed by atoms with van der Waals surface area (Å²) in [6.45, 7) is 1.00. The van der Waals surface area contributed by atoms with E-state index in [-0.39, 0.29) is 5.69 Å². The number of oxime groups is 1. The van der Waals surface area contributed by atoms with Crippen molar-refractivity contribution in [1.82, 2.24) is 9.97 Å². The number of H-pyrrole nitrogens is 1. The van der Waals surface area contributed by atoms with Crippen LogP contribution in [0.3, 0.4) is 0 Å². The van der Waals surface area contributed by atoms with Crippen LogP contribution in [-0.4, -0.2) is 62.0 Å². The van der Waals surface area contributed by atoms with Crippen molar-refractivity contribution < 1.29 is 25.3 Å². The summed E-state index contributed by atoms with van der Waals surface area (Å²) in [6.07, 6.45) is -3.02. The smallest absolute Gasteiger partial charge is 0.155 e. The van der Waals surface area contributed by atoms with Gasteiger partial charge >= 0.3 is 0 Å². The fourth-order valence-electron chi connectivity index (χ4n) is 1.35. The molecule has 1 rings (SSSR count). The van der Waals surface area contributed by atoms with E-state index >= 15 is 0 Å². The van der Waals surface area contributed by atoms with Gasteiger partial charge < -0.3 is 30.2 Å². The molecule has 1 aromatic heterocycles. The molecule has 0 aliphatic carbocycles. The van der Waals surface area contributed by atoms with Gasteiger partial charge in [0.25, 0.3) is 0 Å². The van der Waals surface area contributed by atoms with E-state index in [9.17, 15) is 15.3 Å². The molecule has 0 saturated carbocycles. The van der Waals surface area contributed by atoms with Gasteiger partial charge in [-0.1, -0.05) is 5.16 Å². The number of aromatic amines is 1. The van der Waals surface area contributed by atoms with Crippen LogP contribution in [0.5, 0.6) is 0 Å². The molecule has 0 radical (unpaired) electrons. The lowest BCUT2D eigenvalue weighted by Gasteiger charge is -2.20. The fraction of sp³-hybridized carbons (Fsp3) is 0.600. The van der Waals surface area contributed by atoms with Gasteiger partial charge in [-0.15, -0.1) is 0 Å². The molecule has 0 unspecified atom stereocenters. The van der Waals surface area contributed by atoms with E-state index < -0.39 is 24.9 Å². The minimum Gasteiger partial charge on any atom is -0.399 e. The third kappa shape index (κ3) is 3.26.